The number of nitrogens with two attached hydrogens (primary N) is 3. The number of fused-ring (bicyclic) bond motifs is 2. The van der Waals surface area contributed by atoms with Crippen LogP contribution in [-0.2, 0) is 30.8 Å². The quantitative estimate of drug-likeness (QED) is 0.0502. The maximum atomic E-state index is 15.3. The molecule has 7 rings (SSSR count). The van der Waals surface area contributed by atoms with Gasteiger partial charge in [0.2, 0.25) is 23.7 Å². The van der Waals surface area contributed by atoms with Crippen molar-refractivity contribution < 1.29 is 37.8 Å². The van der Waals surface area contributed by atoms with Crippen LogP contribution in [0.4, 0.5) is 16.3 Å². The lowest BCUT2D eigenvalue weighted by Gasteiger charge is -2.26. The van der Waals surface area contributed by atoms with E-state index in [1.165, 1.54) is 35.1 Å². The molecule has 4 amide bonds. The Labute approximate surface area is 383 Å². The number of nitrogens with zero attached hydrogens (tertiary/aromatic N) is 8. The van der Waals surface area contributed by atoms with Gasteiger partial charge in [0.15, 0.2) is 11.5 Å². The Morgan fingerprint density at radius 3 is 1.92 bits per heavy atom. The number of hydrogen-bond acceptors (Lipinski definition) is 14. The lowest BCUT2D eigenvalue weighted by molar-refractivity contribution is 0.0358. The number of anilines is 2. The largest absolute Gasteiger partial charge is 0.491 e. The summed E-state index contributed by atoms with van der Waals surface area (Å²) in [5.74, 6) is -2.57. The normalized spacial score (nSPS) is 13.2. The van der Waals surface area contributed by atoms with Crippen molar-refractivity contribution in [2.24, 2.45) is 17.2 Å². The van der Waals surface area contributed by atoms with Crippen LogP contribution in [0.25, 0.3) is 22.1 Å². The van der Waals surface area contributed by atoms with E-state index in [1.54, 1.807) is 34.3 Å². The Kier molecular flexibility index (Phi) is 15.1. The monoisotopic (exact) mass is 927 g/mol. The fourth-order valence-electron chi connectivity index (χ4n) is 7.64. The number of amides is 4. The second kappa shape index (κ2) is 21.0. The number of carbonyl (C=O) groups excluding carboxylic acids is 4. The molecule has 0 radical (unpaired) electrons. The van der Waals surface area contributed by atoms with Crippen molar-refractivity contribution in [2.75, 3.05) is 63.2 Å². The summed E-state index contributed by atoms with van der Waals surface area (Å²) in [5.41, 5.74) is 19.5. The number of benzene rings is 2. The summed E-state index contributed by atoms with van der Waals surface area (Å²) in [6.07, 6.45) is 5.34. The lowest BCUT2D eigenvalue weighted by atomic mass is 10.1. The number of rotatable bonds is 21. The SMILES string of the molecule is CCc1nc(C)sc1C(=O)Nc1nc2cc(C(N)=O)cc(OCCCN3CCOCC3)c2n1C/C=C/Cn1c(NC(=O)c2c(F)c(C)nn2CC)nc2cc(C(N)=O)cc(OCCCN)c21. The van der Waals surface area contributed by atoms with Crippen molar-refractivity contribution in [1.29, 1.82) is 0 Å². The van der Waals surface area contributed by atoms with Crippen molar-refractivity contribution in [1.82, 2.24) is 38.8 Å². The van der Waals surface area contributed by atoms with E-state index >= 15 is 4.39 Å². The van der Waals surface area contributed by atoms with Crippen molar-refractivity contribution in [3.05, 3.63) is 80.3 Å². The van der Waals surface area contributed by atoms with Gasteiger partial charge in [-0.1, -0.05) is 19.1 Å². The third-order valence-corrected chi connectivity index (χ3v) is 11.9. The van der Waals surface area contributed by atoms with Crippen LogP contribution in [0.15, 0.2) is 36.4 Å². The van der Waals surface area contributed by atoms with Crippen LogP contribution in [0.1, 0.15) is 84.0 Å². The van der Waals surface area contributed by atoms with Crippen molar-refractivity contribution in [3.63, 3.8) is 0 Å². The molecule has 20 nitrogen and oxygen atoms in total. The van der Waals surface area contributed by atoms with E-state index in [4.69, 9.17) is 36.4 Å². The number of hydrogen-bond donors (Lipinski definition) is 5. The molecule has 22 heteroatoms. The standard InChI is InChI=1S/C44H54FN13O7S/c1-5-29-38(66-26(4)49-29)42(62)53-44-51-31-22-28(40(48)60)24-33(65-18-10-12-55-15-19-63-20-16-55)36(31)57(44)14-8-7-13-56-35-30(21-27(39(47)59)23-32(35)64-17-9-11-46)50-43(56)52-41(61)37-34(45)25(3)54-58(37)6-2/h7-8,21-24H,5-6,9-20,46H2,1-4H3,(H2,47,59)(H2,48,60)(H,50,52,61)(H,51,53,62)/b8-7+. The van der Waals surface area contributed by atoms with Gasteiger partial charge < -0.3 is 40.5 Å². The molecule has 1 aliphatic heterocycles. The summed E-state index contributed by atoms with van der Waals surface area (Å²) in [5, 5.41) is 10.6. The van der Waals surface area contributed by atoms with E-state index in [1.807, 2.05) is 19.9 Å². The number of thiazole rings is 1. The minimum absolute atomic E-state index is 0.0187. The highest BCUT2D eigenvalue weighted by Crippen LogP contribution is 2.34. The second-order valence-electron chi connectivity index (χ2n) is 15.5. The van der Waals surface area contributed by atoms with Gasteiger partial charge in [-0.15, -0.1) is 11.3 Å². The van der Waals surface area contributed by atoms with Crippen LogP contribution in [0, 0.1) is 19.7 Å². The van der Waals surface area contributed by atoms with Gasteiger partial charge in [-0.2, -0.15) is 5.10 Å². The molecule has 5 heterocycles. The van der Waals surface area contributed by atoms with Crippen LogP contribution in [-0.4, -0.2) is 115 Å². The first-order chi connectivity index (χ1) is 31.8. The van der Waals surface area contributed by atoms with E-state index in [9.17, 15) is 19.2 Å². The molecule has 2 aromatic carbocycles. The van der Waals surface area contributed by atoms with Gasteiger partial charge in [0, 0.05) is 50.4 Å². The first-order valence-corrected chi connectivity index (χ1v) is 22.5. The molecule has 0 bridgehead atoms. The third-order valence-electron chi connectivity index (χ3n) is 10.9. The number of allylic oxidation sites excluding steroid dienone is 2. The molecule has 350 valence electrons. The van der Waals surface area contributed by atoms with Gasteiger partial charge in [-0.25, -0.2) is 19.3 Å². The number of nitrogens with one attached hydrogen (secondary N) is 2. The average Bonchev–Trinajstić information content (AvgIpc) is 4.04. The Hall–Kier alpha value is -6.75. The molecule has 8 N–H and O–H groups in total. The number of carbonyl (C=O) groups is 4. The highest BCUT2D eigenvalue weighted by atomic mass is 32.1. The zero-order valence-electron chi connectivity index (χ0n) is 37.3. The molecular formula is C44H54FN13O7S. The zero-order valence-corrected chi connectivity index (χ0v) is 38.1. The number of aromatic nitrogens is 7. The topological polar surface area (TPSA) is 268 Å². The van der Waals surface area contributed by atoms with Gasteiger partial charge in [-0.3, -0.25) is 39.4 Å². The molecule has 4 aromatic heterocycles. The number of ether oxygens (including phenoxy) is 3. The number of imidazole rings is 2. The Morgan fingerprint density at radius 1 is 0.833 bits per heavy atom. The van der Waals surface area contributed by atoms with Gasteiger partial charge in [-0.05, 0) is 70.8 Å². The highest BCUT2D eigenvalue weighted by Gasteiger charge is 2.26. The van der Waals surface area contributed by atoms with E-state index in [2.05, 4.69) is 30.6 Å². The summed E-state index contributed by atoms with van der Waals surface area (Å²) >= 11 is 1.27. The van der Waals surface area contributed by atoms with Crippen LogP contribution < -0.4 is 37.3 Å². The molecule has 0 unspecified atom stereocenters. The number of halogens is 1. The number of primary amides is 2. The highest BCUT2D eigenvalue weighted by molar-refractivity contribution is 7.13. The summed E-state index contributed by atoms with van der Waals surface area (Å²) < 4.78 is 38.0. The number of aryl methyl sites for hydroxylation is 4. The van der Waals surface area contributed by atoms with Crippen molar-refractivity contribution >= 4 is 68.9 Å². The van der Waals surface area contributed by atoms with E-state index < -0.39 is 29.4 Å². The maximum Gasteiger partial charge on any atom is 0.279 e. The molecular weight excluding hydrogens is 874 g/mol. The third kappa shape index (κ3) is 10.4. The second-order valence-corrected chi connectivity index (χ2v) is 16.7. The molecule has 66 heavy (non-hydrogen) atoms. The van der Waals surface area contributed by atoms with Crippen LogP contribution in [0.2, 0.25) is 0 Å². The summed E-state index contributed by atoms with van der Waals surface area (Å²) in [6.45, 7) is 12.0. The molecule has 0 spiro atoms. The summed E-state index contributed by atoms with van der Waals surface area (Å²) in [7, 11) is 0. The first kappa shape index (κ1) is 47.2. The minimum Gasteiger partial charge on any atom is -0.491 e. The average molecular weight is 928 g/mol. The van der Waals surface area contributed by atoms with Gasteiger partial charge in [0.25, 0.3) is 11.8 Å². The minimum atomic E-state index is -0.795. The fraction of sp³-hybridized carbons (Fsp3) is 0.409. The number of morpholine rings is 1. The molecule has 1 saturated heterocycles. The van der Waals surface area contributed by atoms with Crippen molar-refractivity contribution in [2.45, 2.75) is 66.6 Å². The van der Waals surface area contributed by atoms with Crippen molar-refractivity contribution in [3.8, 4) is 11.5 Å². The summed E-state index contributed by atoms with van der Waals surface area (Å²) in [6, 6.07) is 6.10. The van der Waals surface area contributed by atoms with Gasteiger partial charge in [0.1, 0.15) is 27.4 Å². The molecule has 0 aliphatic carbocycles. The van der Waals surface area contributed by atoms with Crippen LogP contribution >= 0.6 is 11.3 Å². The maximum absolute atomic E-state index is 15.3. The molecule has 0 saturated carbocycles. The van der Waals surface area contributed by atoms with E-state index in [0.717, 1.165) is 24.6 Å². The lowest BCUT2D eigenvalue weighted by Crippen LogP contribution is -2.37. The predicted molar refractivity (Wildman–Crippen MR) is 247 cm³/mol. The van der Waals surface area contributed by atoms with E-state index in [0.29, 0.717) is 78.5 Å². The van der Waals surface area contributed by atoms with Gasteiger partial charge >= 0.3 is 0 Å². The summed E-state index contributed by atoms with van der Waals surface area (Å²) in [4.78, 5) is 69.4. The smallest absolute Gasteiger partial charge is 0.279 e. The Morgan fingerprint density at radius 2 is 1.39 bits per heavy atom. The fourth-order valence-corrected chi connectivity index (χ4v) is 8.55. The zero-order chi connectivity index (χ0) is 47.1. The predicted octanol–water partition coefficient (Wildman–Crippen LogP) is 4.16. The van der Waals surface area contributed by atoms with Gasteiger partial charge in [0.05, 0.1) is 53.9 Å². The van der Waals surface area contributed by atoms with Crippen LogP contribution in [0.5, 0.6) is 11.5 Å². The molecule has 6 aromatic rings. The molecule has 1 aliphatic rings. The molecule has 1 fully saturated rings. The van der Waals surface area contributed by atoms with Crippen LogP contribution in [0.3, 0.4) is 0 Å². The molecule has 0 atom stereocenters. The van der Waals surface area contributed by atoms with E-state index in [-0.39, 0.29) is 71.9 Å². The first-order valence-electron chi connectivity index (χ1n) is 21.7. The Bertz CT molecular complexity index is 2800. The Balaban J connectivity index is 1.28.